The highest BCUT2D eigenvalue weighted by Gasteiger charge is 2.38. The lowest BCUT2D eigenvalue weighted by Gasteiger charge is -2.29. The summed E-state index contributed by atoms with van der Waals surface area (Å²) in [4.78, 5) is 7.25. The average Bonchev–Trinajstić information content (AvgIpc) is 4.22. The van der Waals surface area contributed by atoms with Gasteiger partial charge in [0, 0.05) is 73.1 Å². The molecule has 4 heteroatoms. The predicted molar refractivity (Wildman–Crippen MR) is 337 cm³/mol. The van der Waals surface area contributed by atoms with E-state index in [1.807, 2.05) is 0 Å². The van der Waals surface area contributed by atoms with E-state index < -0.39 is 0 Å². The zero-order valence-electron chi connectivity index (χ0n) is 44.0. The van der Waals surface area contributed by atoms with Crippen molar-refractivity contribution in [1.29, 1.82) is 0 Å². The molecule has 1 aromatic heterocycles. The molecule has 2 aliphatic rings. The highest BCUT2D eigenvalue weighted by atomic mass is 15.2. The fourth-order valence-corrected chi connectivity index (χ4v) is 12.7. The molecule has 0 amide bonds. The Morgan fingerprint density at radius 3 is 1.49 bits per heavy atom. The summed E-state index contributed by atoms with van der Waals surface area (Å²) in [7, 11) is 0. The van der Waals surface area contributed by atoms with E-state index >= 15 is 0 Å². The van der Waals surface area contributed by atoms with Crippen LogP contribution in [0.1, 0.15) is 11.5 Å². The number of allylic oxidation sites excluding steroid dienone is 2. The van der Waals surface area contributed by atoms with Crippen molar-refractivity contribution in [2.45, 2.75) is 12.0 Å². The van der Waals surface area contributed by atoms with Crippen LogP contribution in [0.4, 0.5) is 45.5 Å². The predicted octanol–water partition coefficient (Wildman–Crippen LogP) is 20.6. The van der Waals surface area contributed by atoms with Crippen LogP contribution in [0, 0.1) is 0 Å². The smallest absolute Gasteiger partial charge is 0.0629 e. The van der Waals surface area contributed by atoms with Crippen molar-refractivity contribution in [3.05, 3.63) is 321 Å². The summed E-state index contributed by atoms with van der Waals surface area (Å²) >= 11 is 0. The summed E-state index contributed by atoms with van der Waals surface area (Å²) in [6.07, 6.45) is 9.12. The lowest BCUT2D eigenvalue weighted by atomic mass is 9.91. The zero-order chi connectivity index (χ0) is 52.9. The van der Waals surface area contributed by atoms with Gasteiger partial charge in [-0.15, -0.1) is 0 Å². The largest absolute Gasteiger partial charge is 0.333 e. The Hall–Kier alpha value is -10.4. The first-order valence-corrected chi connectivity index (χ1v) is 27.7. The summed E-state index contributed by atoms with van der Waals surface area (Å²) in [5.74, 6) is 0.203. The van der Waals surface area contributed by atoms with Crippen LogP contribution in [0.2, 0.25) is 0 Å². The van der Waals surface area contributed by atoms with Gasteiger partial charge in [-0.3, -0.25) is 0 Å². The van der Waals surface area contributed by atoms with E-state index in [0.29, 0.717) is 0 Å². The topological polar surface area (TPSA) is 14.7 Å². The molecule has 0 N–H and O–H groups in total. The van der Waals surface area contributed by atoms with Crippen molar-refractivity contribution in [1.82, 2.24) is 4.57 Å². The van der Waals surface area contributed by atoms with E-state index in [2.05, 4.69) is 335 Å². The van der Waals surface area contributed by atoms with Gasteiger partial charge in [0.05, 0.1) is 22.9 Å². The number of anilines is 8. The number of rotatable bonds is 11. The molecule has 0 saturated heterocycles. The Kier molecular flexibility index (Phi) is 11.6. The Morgan fingerprint density at radius 2 is 0.825 bits per heavy atom. The van der Waals surface area contributed by atoms with Crippen LogP contribution >= 0.6 is 0 Å². The Labute approximate surface area is 466 Å². The van der Waals surface area contributed by atoms with Crippen LogP contribution in [-0.2, 0) is 0 Å². The first kappa shape index (κ1) is 46.8. The Morgan fingerprint density at radius 1 is 0.325 bits per heavy atom. The van der Waals surface area contributed by atoms with Crippen LogP contribution in [0.5, 0.6) is 0 Å². The molecule has 15 rings (SSSR count). The van der Waals surface area contributed by atoms with Gasteiger partial charge < -0.3 is 19.3 Å². The SMILES string of the molecule is C1=CC2c3cc(N(c4ccc(-c5cc6c(-c7ccccc7)c(-c7ccccc7)n(-c7cccc8ccccc78)c6c6ccccc56)cc4)c4ccc(N(c5ccccc5)c5ccccc5)cc4)ccc3N(c3ccccc3)C2C=C1. The van der Waals surface area contributed by atoms with Crippen molar-refractivity contribution < 1.29 is 0 Å². The van der Waals surface area contributed by atoms with E-state index in [1.54, 1.807) is 0 Å². The van der Waals surface area contributed by atoms with Crippen molar-refractivity contribution in [2.24, 2.45) is 0 Å². The second kappa shape index (κ2) is 19.9. The first-order chi connectivity index (χ1) is 39.7. The first-order valence-electron chi connectivity index (χ1n) is 27.7. The highest BCUT2D eigenvalue weighted by Crippen LogP contribution is 2.52. The molecule has 13 aromatic rings. The van der Waals surface area contributed by atoms with Gasteiger partial charge in [-0.2, -0.15) is 0 Å². The van der Waals surface area contributed by atoms with E-state index in [1.165, 1.54) is 71.8 Å². The maximum Gasteiger partial charge on any atom is 0.0629 e. The maximum absolute atomic E-state index is 2.55. The average molecular weight is 1020 g/mol. The number of aromatic nitrogens is 1. The third-order valence-corrected chi connectivity index (χ3v) is 16.2. The minimum Gasteiger partial charge on any atom is -0.333 e. The number of nitrogens with zero attached hydrogens (tertiary/aromatic N) is 4. The van der Waals surface area contributed by atoms with Crippen LogP contribution < -0.4 is 14.7 Å². The van der Waals surface area contributed by atoms with Gasteiger partial charge >= 0.3 is 0 Å². The molecule has 0 saturated carbocycles. The van der Waals surface area contributed by atoms with Crippen LogP contribution in [-0.4, -0.2) is 10.6 Å². The lowest BCUT2D eigenvalue weighted by Crippen LogP contribution is -2.28. The van der Waals surface area contributed by atoms with E-state index in [-0.39, 0.29) is 12.0 Å². The van der Waals surface area contributed by atoms with Gasteiger partial charge in [0.25, 0.3) is 0 Å². The molecule has 0 bridgehead atoms. The lowest BCUT2D eigenvalue weighted by molar-refractivity contribution is 0.745. The second-order valence-corrected chi connectivity index (χ2v) is 20.8. The van der Waals surface area contributed by atoms with Crippen LogP contribution in [0.25, 0.3) is 71.6 Å². The molecular formula is C76H54N4. The number of hydrogen-bond acceptors (Lipinski definition) is 3. The molecule has 2 unspecified atom stereocenters. The molecular weight excluding hydrogens is 969 g/mol. The zero-order valence-corrected chi connectivity index (χ0v) is 44.0. The molecule has 0 fully saturated rings. The molecule has 2 heterocycles. The number of para-hydroxylation sites is 3. The molecule has 12 aromatic carbocycles. The van der Waals surface area contributed by atoms with Gasteiger partial charge in [-0.25, -0.2) is 0 Å². The van der Waals surface area contributed by atoms with Crippen molar-refractivity contribution in [2.75, 3.05) is 14.7 Å². The summed E-state index contributed by atoms with van der Waals surface area (Å²) < 4.78 is 2.55. The maximum atomic E-state index is 2.55. The van der Waals surface area contributed by atoms with Gasteiger partial charge in [-0.1, -0.05) is 212 Å². The standard InChI is InChI=1S/C76H54N4/c1-6-24-55(25-7-1)74-70-52-68(65-36-18-19-38-67(65)76(70)80(75(74)56-26-8-2-9-27-56)71-40-22-28-53-23-16-17-35-64(53)71)54-41-43-60(44-42-54)78(62-47-45-61(46-48-62)77(57-29-10-3-11-30-57)58-31-12-4-13-32-58)63-49-50-73-69(51-63)66-37-20-21-39-72(66)79(73)59-33-14-5-15-34-59/h1-52,66,72H. The van der Waals surface area contributed by atoms with E-state index in [0.717, 1.165) is 50.9 Å². The monoisotopic (exact) mass is 1020 g/mol. The highest BCUT2D eigenvalue weighted by molar-refractivity contribution is 6.20. The number of fused-ring (bicyclic) bond motifs is 7. The molecule has 2 atom stereocenters. The fraction of sp³-hybridized carbons (Fsp3) is 0.0263. The second-order valence-electron chi connectivity index (χ2n) is 20.8. The molecule has 4 nitrogen and oxygen atoms in total. The van der Waals surface area contributed by atoms with E-state index in [4.69, 9.17) is 0 Å². The third kappa shape index (κ3) is 7.99. The van der Waals surface area contributed by atoms with Crippen molar-refractivity contribution in [3.8, 4) is 39.2 Å². The summed E-state index contributed by atoms with van der Waals surface area (Å²) in [5.41, 5.74) is 19.7. The quantitative estimate of drug-likeness (QED) is 0.128. The van der Waals surface area contributed by atoms with E-state index in [9.17, 15) is 0 Å². The molecule has 1 aliphatic carbocycles. The Bertz CT molecular complexity index is 4410. The fourth-order valence-electron chi connectivity index (χ4n) is 12.7. The summed E-state index contributed by atoms with van der Waals surface area (Å²) in [5, 5.41) is 6.02. The van der Waals surface area contributed by atoms with Gasteiger partial charge in [0.1, 0.15) is 0 Å². The van der Waals surface area contributed by atoms with Crippen LogP contribution in [0.3, 0.4) is 0 Å². The molecule has 0 radical (unpaired) electrons. The number of hydrogen-bond donors (Lipinski definition) is 0. The van der Waals surface area contributed by atoms with Crippen molar-refractivity contribution in [3.63, 3.8) is 0 Å². The minimum atomic E-state index is 0.184. The molecule has 0 spiro atoms. The summed E-state index contributed by atoms with van der Waals surface area (Å²) in [6.45, 7) is 0. The van der Waals surface area contributed by atoms with Crippen molar-refractivity contribution >= 4 is 77.9 Å². The molecule has 378 valence electrons. The molecule has 80 heavy (non-hydrogen) atoms. The van der Waals surface area contributed by atoms with Gasteiger partial charge in [-0.05, 0) is 142 Å². The Balaban J connectivity index is 0.914. The third-order valence-electron chi connectivity index (χ3n) is 16.2. The molecule has 1 aliphatic heterocycles. The normalized spacial score (nSPS) is 14.4. The van der Waals surface area contributed by atoms with Gasteiger partial charge in [0.15, 0.2) is 0 Å². The summed E-state index contributed by atoms with van der Waals surface area (Å²) in [6, 6.07) is 107. The minimum absolute atomic E-state index is 0.184. The van der Waals surface area contributed by atoms with Crippen LogP contribution in [0.15, 0.2) is 315 Å². The number of benzene rings is 12. The van der Waals surface area contributed by atoms with Gasteiger partial charge in [0.2, 0.25) is 0 Å².